The van der Waals surface area contributed by atoms with E-state index < -0.39 is 180 Å². The van der Waals surface area contributed by atoms with E-state index in [2.05, 4.69) is 93.4 Å². The van der Waals surface area contributed by atoms with Crippen LogP contribution >= 0.6 is 25.3 Å². The molecule has 39 heteroatoms. The normalized spacial score (nSPS) is 17.4. The number of amides is 14. The first-order valence-electron chi connectivity index (χ1n) is 38.0. The maximum Gasteiger partial charge on any atom is 0.246 e. The molecule has 3 heterocycles. The number of aromatic amines is 1. The SMILES string of the molecule is CC[C@H](C)[C@H](NC(=O)[C@H](CCCN=C(N)N)NC(=O)[C@@H](N)Cc1c[nH]c2ccccc12)C(=O)N1CCC[C@H]1C(=O)N[C@@H](CS)C(=O)N[C@@H](CS)C(=O)N1CCC[C@H]1C(=O)N[C@H](C(=O)N[C@@H](CC(N)=O)C(=O)N[C@@H](CC(C)C)C(=O)N[C@@H](CCCCN)C(=O)N[C@@H](CCCN=C(N)N)C(=O)N[C@@H](CC(C)C)C(N)=O)C(C)C. The third kappa shape index (κ3) is 30.3. The Bertz CT molecular complexity index is 3570. The van der Waals surface area contributed by atoms with E-state index >= 15 is 0 Å². The molecular weight excluding hydrogens is 1480 g/mol. The molecule has 27 N–H and O–H groups in total. The first kappa shape index (κ1) is 93.9. The maximum absolute atomic E-state index is 14.7. The van der Waals surface area contributed by atoms with Gasteiger partial charge in [0, 0.05) is 54.8 Å². The second-order valence-electron chi connectivity index (χ2n) is 29.5. The molecule has 14 atom stereocenters. The summed E-state index contributed by atoms with van der Waals surface area (Å²) < 4.78 is 0. The van der Waals surface area contributed by atoms with Crippen molar-refractivity contribution in [2.75, 3.05) is 44.2 Å². The number of para-hydroxylation sites is 1. The van der Waals surface area contributed by atoms with Gasteiger partial charge >= 0.3 is 0 Å². The Hall–Kier alpha value is -9.50. The number of hydrogen-bond donors (Lipinski definition) is 21. The number of primary amides is 2. The van der Waals surface area contributed by atoms with Gasteiger partial charge in [0.25, 0.3) is 0 Å². The fraction of sp³-hybridized carbons (Fsp3) is 0.667. The third-order valence-corrected chi connectivity index (χ3v) is 20.0. The Morgan fingerprint density at radius 3 is 1.47 bits per heavy atom. The molecule has 2 saturated heterocycles. The molecule has 0 radical (unpaired) electrons. The van der Waals surface area contributed by atoms with Gasteiger partial charge in [0.1, 0.15) is 72.5 Å². The van der Waals surface area contributed by atoms with Crippen LogP contribution in [-0.2, 0) is 73.5 Å². The van der Waals surface area contributed by atoms with Gasteiger partial charge in [-0.15, -0.1) is 0 Å². The number of nitrogens with two attached hydrogens (primary N) is 8. The lowest BCUT2D eigenvalue weighted by molar-refractivity contribution is -0.144. The lowest BCUT2D eigenvalue weighted by Crippen LogP contribution is -2.62. The summed E-state index contributed by atoms with van der Waals surface area (Å²) in [6, 6.07) is -9.22. The summed E-state index contributed by atoms with van der Waals surface area (Å²) in [5.74, 6) is -13.7. The van der Waals surface area contributed by atoms with Gasteiger partial charge in [0.15, 0.2) is 11.9 Å². The van der Waals surface area contributed by atoms with Crippen molar-refractivity contribution in [2.24, 2.45) is 79.5 Å². The quantitative estimate of drug-likeness (QED) is 0.0130. The highest BCUT2D eigenvalue weighted by Crippen LogP contribution is 2.25. The first-order chi connectivity index (χ1) is 52.5. The number of carbonyl (C=O) groups is 14. The number of hydrogen-bond acceptors (Lipinski definition) is 20. The molecular formula is C72H121N23O14S2. The Balaban J connectivity index is 1.46. The highest BCUT2D eigenvalue weighted by atomic mass is 32.1. The van der Waals surface area contributed by atoms with Crippen LogP contribution in [0.3, 0.4) is 0 Å². The summed E-state index contributed by atoms with van der Waals surface area (Å²) in [7, 11) is 0. The number of unbranched alkanes of at least 4 members (excludes halogenated alkanes) is 1. The molecule has 37 nitrogen and oxygen atoms in total. The van der Waals surface area contributed by atoms with Gasteiger partial charge in [-0.2, -0.15) is 25.3 Å². The highest BCUT2D eigenvalue weighted by Gasteiger charge is 2.44. The van der Waals surface area contributed by atoms with Crippen LogP contribution in [0.5, 0.6) is 0 Å². The Morgan fingerprint density at radius 2 is 0.964 bits per heavy atom. The topological polar surface area (TPSA) is 614 Å². The molecule has 2 aliphatic rings. The number of fused-ring (bicyclic) bond motifs is 1. The predicted molar refractivity (Wildman–Crippen MR) is 425 cm³/mol. The van der Waals surface area contributed by atoms with Gasteiger partial charge in [0.2, 0.25) is 82.7 Å². The molecule has 1 aromatic carbocycles. The van der Waals surface area contributed by atoms with Crippen molar-refractivity contribution in [1.29, 1.82) is 0 Å². The molecule has 14 amide bonds. The monoisotopic (exact) mass is 1600 g/mol. The molecule has 0 aliphatic carbocycles. The van der Waals surface area contributed by atoms with E-state index in [1.165, 1.54) is 9.80 Å². The number of thiol groups is 2. The highest BCUT2D eigenvalue weighted by molar-refractivity contribution is 7.80. The van der Waals surface area contributed by atoms with Crippen molar-refractivity contribution in [3.05, 3.63) is 36.0 Å². The summed E-state index contributed by atoms with van der Waals surface area (Å²) in [4.78, 5) is 210. The van der Waals surface area contributed by atoms with Gasteiger partial charge in [-0.05, 0) is 132 Å². The van der Waals surface area contributed by atoms with Crippen LogP contribution in [0.15, 0.2) is 40.4 Å². The summed E-state index contributed by atoms with van der Waals surface area (Å²) in [6.45, 7) is 14.5. The second kappa shape index (κ2) is 47.0. The molecule has 0 spiro atoms. The largest absolute Gasteiger partial charge is 0.370 e. The molecule has 0 unspecified atom stereocenters. The van der Waals surface area contributed by atoms with Gasteiger partial charge in [-0.25, -0.2) is 0 Å². The van der Waals surface area contributed by atoms with Gasteiger partial charge in [-0.1, -0.05) is 80.0 Å². The van der Waals surface area contributed by atoms with Crippen LogP contribution in [0, 0.1) is 23.7 Å². The smallest absolute Gasteiger partial charge is 0.246 e. The predicted octanol–water partition coefficient (Wildman–Crippen LogP) is -3.88. The number of likely N-dealkylation sites (tertiary alicyclic amines) is 2. The van der Waals surface area contributed by atoms with Crippen LogP contribution < -0.4 is 99.0 Å². The molecule has 0 saturated carbocycles. The average molecular weight is 1600 g/mol. The lowest BCUT2D eigenvalue weighted by atomic mass is 9.96. The minimum Gasteiger partial charge on any atom is -0.370 e. The van der Waals surface area contributed by atoms with Crippen LogP contribution in [0.1, 0.15) is 157 Å². The summed E-state index contributed by atoms with van der Waals surface area (Å²) in [5, 5.41) is 27.5. The van der Waals surface area contributed by atoms with Gasteiger partial charge in [0.05, 0.1) is 12.5 Å². The minimum absolute atomic E-state index is 0.0121. The summed E-state index contributed by atoms with van der Waals surface area (Å²) >= 11 is 8.74. The van der Waals surface area contributed by atoms with Gasteiger partial charge < -0.3 is 114 Å². The number of rotatable bonds is 48. The minimum atomic E-state index is -1.73. The zero-order valence-corrected chi connectivity index (χ0v) is 66.8. The molecule has 2 aromatic rings. The molecule has 2 aliphatic heterocycles. The van der Waals surface area contributed by atoms with E-state index in [1.54, 1.807) is 40.8 Å². The number of nitrogens with zero attached hydrogens (tertiary/aromatic N) is 4. The number of carbonyl (C=O) groups excluding carboxylic acids is 14. The van der Waals surface area contributed by atoms with E-state index in [-0.39, 0.29) is 132 Å². The summed E-state index contributed by atoms with van der Waals surface area (Å²) in [5.41, 5.74) is 47.2. The van der Waals surface area contributed by atoms with E-state index in [9.17, 15) is 67.1 Å². The molecule has 1 aromatic heterocycles. The molecule has 620 valence electrons. The Kier molecular flexibility index (Phi) is 39.7. The number of H-pyrrole nitrogens is 1. The zero-order chi connectivity index (χ0) is 82.9. The fourth-order valence-corrected chi connectivity index (χ4v) is 13.5. The van der Waals surface area contributed by atoms with Crippen LogP contribution in [0.2, 0.25) is 0 Å². The molecule has 0 bridgehead atoms. The zero-order valence-electron chi connectivity index (χ0n) is 65.0. The van der Waals surface area contributed by atoms with E-state index in [0.717, 1.165) is 16.5 Å². The van der Waals surface area contributed by atoms with Gasteiger partial charge in [-0.3, -0.25) is 77.1 Å². The van der Waals surface area contributed by atoms with E-state index in [1.807, 2.05) is 45.0 Å². The Morgan fingerprint density at radius 1 is 0.514 bits per heavy atom. The third-order valence-electron chi connectivity index (χ3n) is 19.2. The van der Waals surface area contributed by atoms with Crippen molar-refractivity contribution in [2.45, 2.75) is 237 Å². The molecule has 4 rings (SSSR count). The molecule has 111 heavy (non-hydrogen) atoms. The first-order valence-corrected chi connectivity index (χ1v) is 39.3. The average Bonchev–Trinajstić information content (AvgIpc) is 1.74. The van der Waals surface area contributed by atoms with Crippen molar-refractivity contribution in [1.82, 2.24) is 68.0 Å². The van der Waals surface area contributed by atoms with Crippen LogP contribution in [-0.4, -0.2) is 232 Å². The van der Waals surface area contributed by atoms with Crippen molar-refractivity contribution >= 4 is 131 Å². The summed E-state index contributed by atoms with van der Waals surface area (Å²) in [6.07, 6.45) is 3.96. The number of nitrogens with one attached hydrogen (secondary N) is 11. The van der Waals surface area contributed by atoms with Crippen molar-refractivity contribution in [3.8, 4) is 0 Å². The van der Waals surface area contributed by atoms with Crippen LogP contribution in [0.4, 0.5) is 0 Å². The number of aromatic nitrogens is 1. The Labute approximate surface area is 659 Å². The lowest BCUT2D eigenvalue weighted by Gasteiger charge is -2.33. The van der Waals surface area contributed by atoms with Crippen LogP contribution in [0.25, 0.3) is 10.9 Å². The van der Waals surface area contributed by atoms with Crippen molar-refractivity contribution in [3.63, 3.8) is 0 Å². The number of guanidine groups is 2. The maximum atomic E-state index is 14.7. The van der Waals surface area contributed by atoms with E-state index in [4.69, 9.17) is 45.9 Å². The fourth-order valence-electron chi connectivity index (χ4n) is 13.0. The number of benzene rings is 1. The second-order valence-corrected chi connectivity index (χ2v) is 30.3. The van der Waals surface area contributed by atoms with Crippen molar-refractivity contribution < 1.29 is 67.1 Å². The molecule has 2 fully saturated rings. The van der Waals surface area contributed by atoms with E-state index in [0.29, 0.717) is 32.1 Å². The standard InChI is InChI=1S/C72H121N23O14S2/c1-9-40(8)57(93-62(101)47(22-15-27-82-72(79)80)84-59(98)43(74)32-41-34-83-44-19-11-10-18-42(41)44)70(109)95-29-17-23-53(95)66(105)90-51(35-110)65(104)91-52(36-111)69(108)94-28-16-24-54(94)67(106)92-56(39(6)7)68(107)89-50(33-55(75)96)64(103)88-49(31-38(4)5)63(102)86-45(20-12-13-25-73)60(99)85-46(21-14-26-81-71(77)78)61(100)87-48(58(76)97)30-37(2)3/h10-11,18-19,34,37-40,43,45-54,56-57,83,110-111H,9,12-17,20-33,35-36,73-74H2,1-8H3,(H2,75,96)(H2,76,97)(H,84,98)(H,85,99)(H,86,102)(H,87,100)(H,88,103)(H,89,107)(H,90,105)(H,91,104)(H,92,106)(H,93,101)(H4,77,78,81)(H4,79,80,82)/t40-,43-,45-,46-,47-,48-,49-,50-,51-,52-,53-,54-,56-,57-/m0/s1. The number of aliphatic imine (C=N–C) groups is 2.